The Kier molecular flexibility index (Phi) is 6.97. The third-order valence-corrected chi connectivity index (χ3v) is 10.1. The van der Waals surface area contributed by atoms with Crippen molar-refractivity contribution >= 4 is 59.0 Å². The van der Waals surface area contributed by atoms with E-state index in [0.717, 1.165) is 32.4 Å². The predicted molar refractivity (Wildman–Crippen MR) is 158 cm³/mol. The summed E-state index contributed by atoms with van der Waals surface area (Å²) < 4.78 is 74.9. The van der Waals surface area contributed by atoms with Gasteiger partial charge in [-0.05, 0) is 48.4 Å². The second-order valence-electron chi connectivity index (χ2n) is 9.60. The van der Waals surface area contributed by atoms with E-state index in [0.29, 0.717) is 26.4 Å². The number of carbonyl (C=O) groups is 1. The van der Waals surface area contributed by atoms with Crippen LogP contribution >= 0.6 is 22.7 Å². The highest BCUT2D eigenvalue weighted by molar-refractivity contribution is 7.86. The Morgan fingerprint density at radius 3 is 2.21 bits per heavy atom. The van der Waals surface area contributed by atoms with E-state index < -0.39 is 27.6 Å². The number of thiazole rings is 2. The van der Waals surface area contributed by atoms with Crippen molar-refractivity contribution in [2.24, 2.45) is 0 Å². The van der Waals surface area contributed by atoms with Crippen molar-refractivity contribution in [2.45, 2.75) is 24.4 Å². The van der Waals surface area contributed by atoms with Crippen LogP contribution in [0.2, 0.25) is 0 Å². The number of aryl methyl sites for hydroxylation is 1. The Morgan fingerprint density at radius 2 is 1.50 bits per heavy atom. The maximum atomic E-state index is 13.3. The summed E-state index contributed by atoms with van der Waals surface area (Å²) in [6.07, 6.45) is -4.78. The normalized spacial score (nSPS) is 12.3. The van der Waals surface area contributed by atoms with E-state index in [2.05, 4.69) is 4.98 Å². The van der Waals surface area contributed by atoms with Crippen molar-refractivity contribution in [3.8, 4) is 21.1 Å². The molecule has 12 heteroatoms. The van der Waals surface area contributed by atoms with Crippen LogP contribution in [0.1, 0.15) is 27.0 Å². The number of alkyl halides is 3. The van der Waals surface area contributed by atoms with E-state index in [1.54, 1.807) is 43.3 Å². The van der Waals surface area contributed by atoms with Crippen LogP contribution in [0.5, 0.6) is 0 Å². The molecule has 6 rings (SSSR count). The minimum Gasteiger partial charge on any atom is -0.294 e. The molecule has 0 atom stereocenters. The van der Waals surface area contributed by atoms with Gasteiger partial charge in [-0.1, -0.05) is 48.5 Å². The molecule has 42 heavy (non-hydrogen) atoms. The third-order valence-electron chi connectivity index (χ3n) is 6.70. The fourth-order valence-electron chi connectivity index (χ4n) is 4.71. The van der Waals surface area contributed by atoms with E-state index in [1.165, 1.54) is 40.9 Å². The van der Waals surface area contributed by atoms with Gasteiger partial charge in [0, 0.05) is 23.1 Å². The molecule has 0 saturated heterocycles. The van der Waals surface area contributed by atoms with Gasteiger partial charge >= 0.3 is 6.18 Å². The second kappa shape index (κ2) is 10.4. The average Bonchev–Trinajstić information content (AvgIpc) is 3.56. The van der Waals surface area contributed by atoms with Crippen LogP contribution in [0.25, 0.3) is 41.6 Å². The lowest BCUT2D eigenvalue weighted by molar-refractivity contribution is -0.137. The number of hydrogen-bond acceptors (Lipinski definition) is 7. The predicted octanol–water partition coefficient (Wildman–Crippen LogP) is 8.24. The molecule has 4 aromatic carbocycles. The van der Waals surface area contributed by atoms with Crippen LogP contribution in [0, 0.1) is 6.92 Å². The molecule has 0 fully saturated rings. The quantitative estimate of drug-likeness (QED) is 0.148. The number of Topliss-reactive ketones (excluding diaryl/α,β-unsaturated/α-hetero) is 1. The monoisotopic (exact) mass is 624 g/mol. The van der Waals surface area contributed by atoms with Crippen LogP contribution in [0.3, 0.4) is 0 Å². The smallest absolute Gasteiger partial charge is 0.294 e. The van der Waals surface area contributed by atoms with Crippen molar-refractivity contribution in [3.63, 3.8) is 0 Å². The number of ketones is 1. The van der Waals surface area contributed by atoms with Gasteiger partial charge in [-0.3, -0.25) is 9.35 Å². The third kappa shape index (κ3) is 5.34. The number of fused-ring (bicyclic) bond motifs is 2. The Labute approximate surface area is 245 Å². The summed E-state index contributed by atoms with van der Waals surface area (Å²) in [5.74, 6) is -0.614. The van der Waals surface area contributed by atoms with Crippen molar-refractivity contribution in [3.05, 3.63) is 101 Å². The summed E-state index contributed by atoms with van der Waals surface area (Å²) in [6, 6.07) is 20.7. The largest absolute Gasteiger partial charge is 0.417 e. The Hall–Kier alpha value is -3.97. The van der Waals surface area contributed by atoms with E-state index >= 15 is 0 Å². The zero-order valence-corrected chi connectivity index (χ0v) is 24.1. The molecule has 0 amide bonds. The fourth-order valence-corrected chi connectivity index (χ4v) is 8.03. The number of halogens is 3. The molecule has 6 nitrogen and oxygen atoms in total. The summed E-state index contributed by atoms with van der Waals surface area (Å²) in [5, 5.41) is 1.31. The second-order valence-corrected chi connectivity index (χ2v) is 13.0. The van der Waals surface area contributed by atoms with Crippen LogP contribution in [-0.2, 0) is 22.7 Å². The molecule has 2 aromatic heterocycles. The molecule has 0 bridgehead atoms. The molecule has 6 aromatic rings. The molecule has 0 radical (unpaired) electrons. The molecule has 1 N–H and O–H groups in total. The number of nitrogens with zero attached hydrogens (tertiary/aromatic N) is 2. The molecular formula is C30H19F3N2O4S3. The Balaban J connectivity index is 1.26. The molecule has 2 heterocycles. The first-order chi connectivity index (χ1) is 19.9. The van der Waals surface area contributed by atoms with Gasteiger partial charge < -0.3 is 0 Å². The van der Waals surface area contributed by atoms with Gasteiger partial charge in [0.1, 0.15) is 14.9 Å². The summed E-state index contributed by atoms with van der Waals surface area (Å²) in [6.45, 7) is 1.62. The lowest BCUT2D eigenvalue weighted by atomic mass is 9.98. The Bertz CT molecular complexity index is 2120. The first-order valence-electron chi connectivity index (χ1n) is 12.5. The average molecular weight is 625 g/mol. The van der Waals surface area contributed by atoms with Gasteiger partial charge in [0.2, 0.25) is 0 Å². The zero-order chi connectivity index (χ0) is 29.8. The van der Waals surface area contributed by atoms with Crippen molar-refractivity contribution in [1.82, 2.24) is 9.97 Å². The SMILES string of the molecule is Cc1ccc2nc(-c3ccc4nc(-c5ccc(CC(=O)c6ccccc6C(F)(F)F)cc5)sc4c3)sc2c1S(=O)(=O)O. The maximum absolute atomic E-state index is 13.3. The zero-order valence-electron chi connectivity index (χ0n) is 21.6. The molecule has 0 aliphatic rings. The van der Waals surface area contributed by atoms with E-state index in [4.69, 9.17) is 4.98 Å². The maximum Gasteiger partial charge on any atom is 0.417 e. The number of hydrogen-bond donors (Lipinski definition) is 1. The minimum absolute atomic E-state index is 0.139. The lowest BCUT2D eigenvalue weighted by Gasteiger charge is -2.11. The van der Waals surface area contributed by atoms with Crippen LogP contribution in [0.15, 0.2) is 83.8 Å². The Morgan fingerprint density at radius 1 is 0.857 bits per heavy atom. The molecule has 0 spiro atoms. The van der Waals surface area contributed by atoms with Crippen molar-refractivity contribution in [1.29, 1.82) is 0 Å². The lowest BCUT2D eigenvalue weighted by Crippen LogP contribution is -2.14. The van der Waals surface area contributed by atoms with Gasteiger partial charge in [-0.2, -0.15) is 21.6 Å². The topological polar surface area (TPSA) is 97.2 Å². The molecule has 0 aliphatic carbocycles. The van der Waals surface area contributed by atoms with E-state index in [1.807, 2.05) is 18.2 Å². The molecule has 0 saturated carbocycles. The van der Waals surface area contributed by atoms with Crippen molar-refractivity contribution < 1.29 is 30.9 Å². The fraction of sp³-hybridized carbons (Fsp3) is 0.100. The summed E-state index contributed by atoms with van der Waals surface area (Å²) in [7, 11) is -4.42. The van der Waals surface area contributed by atoms with Crippen LogP contribution in [-0.4, -0.2) is 28.7 Å². The molecular weight excluding hydrogens is 606 g/mol. The van der Waals surface area contributed by atoms with Gasteiger partial charge in [0.25, 0.3) is 10.1 Å². The standard InChI is InChI=1S/C30H19F3N2O4S3/c1-16-6-12-23-26(27(16)42(37,38)39)41-29(35-23)19-11-13-22-25(15-19)40-28(34-22)18-9-7-17(8-10-18)14-24(36)20-4-2-3-5-21(20)30(31,32)33/h2-13,15H,14H2,1H3,(H,37,38,39). The highest BCUT2D eigenvalue weighted by Crippen LogP contribution is 2.38. The van der Waals surface area contributed by atoms with Gasteiger partial charge in [-0.15, -0.1) is 22.7 Å². The molecule has 0 aliphatic heterocycles. The van der Waals surface area contributed by atoms with E-state index in [9.17, 15) is 30.9 Å². The number of carbonyl (C=O) groups excluding carboxylic acids is 1. The first-order valence-corrected chi connectivity index (χ1v) is 15.5. The highest BCUT2D eigenvalue weighted by atomic mass is 32.2. The molecule has 212 valence electrons. The van der Waals surface area contributed by atoms with E-state index in [-0.39, 0.29) is 16.9 Å². The van der Waals surface area contributed by atoms with Crippen LogP contribution < -0.4 is 0 Å². The number of rotatable bonds is 6. The van der Waals surface area contributed by atoms with Crippen LogP contribution in [0.4, 0.5) is 13.2 Å². The van der Waals surface area contributed by atoms with Gasteiger partial charge in [0.15, 0.2) is 5.78 Å². The highest BCUT2D eigenvalue weighted by Gasteiger charge is 2.34. The minimum atomic E-state index is -4.61. The van der Waals surface area contributed by atoms with Gasteiger partial charge in [0.05, 0.1) is 26.0 Å². The van der Waals surface area contributed by atoms with Crippen molar-refractivity contribution in [2.75, 3.05) is 0 Å². The first kappa shape index (κ1) is 28.2. The van der Waals surface area contributed by atoms with Gasteiger partial charge in [-0.25, -0.2) is 9.97 Å². The summed E-state index contributed by atoms with van der Waals surface area (Å²) in [5.41, 5.74) is 2.50. The summed E-state index contributed by atoms with van der Waals surface area (Å²) >= 11 is 2.62. The number of benzene rings is 4. The molecule has 0 unspecified atom stereocenters. The summed E-state index contributed by atoms with van der Waals surface area (Å²) in [4.78, 5) is 21.8. The number of aromatic nitrogens is 2.